The Labute approximate surface area is 126 Å². The van der Waals surface area contributed by atoms with Gasteiger partial charge in [-0.25, -0.2) is 0 Å². The molecular formula is C16H14N2O4. The maximum atomic E-state index is 12.8. The SMILES string of the molecule is CC(=O)N1C2=C(C(=O)c3ccccc3C2=O)N2CCOCC21. The van der Waals surface area contributed by atoms with E-state index >= 15 is 0 Å². The molecule has 0 N–H and O–H groups in total. The molecule has 1 aromatic carbocycles. The summed E-state index contributed by atoms with van der Waals surface area (Å²) in [4.78, 5) is 41.0. The molecule has 22 heavy (non-hydrogen) atoms. The topological polar surface area (TPSA) is 66.9 Å². The molecule has 1 amide bonds. The highest BCUT2D eigenvalue weighted by molar-refractivity contribution is 6.27. The van der Waals surface area contributed by atoms with Crippen LogP contribution in [0.5, 0.6) is 0 Å². The molecule has 3 aliphatic rings. The maximum Gasteiger partial charge on any atom is 0.225 e. The summed E-state index contributed by atoms with van der Waals surface area (Å²) in [7, 11) is 0. The number of allylic oxidation sites excluding steroid dienone is 2. The van der Waals surface area contributed by atoms with Gasteiger partial charge >= 0.3 is 0 Å². The van der Waals surface area contributed by atoms with Crippen molar-refractivity contribution in [1.29, 1.82) is 0 Å². The predicted octanol–water partition coefficient (Wildman–Crippen LogP) is 0.798. The van der Waals surface area contributed by atoms with Crippen LogP contribution in [0.1, 0.15) is 27.6 Å². The van der Waals surface area contributed by atoms with Gasteiger partial charge in [0, 0.05) is 24.6 Å². The molecule has 1 saturated heterocycles. The van der Waals surface area contributed by atoms with E-state index in [2.05, 4.69) is 0 Å². The Morgan fingerprint density at radius 2 is 1.77 bits per heavy atom. The minimum Gasteiger partial charge on any atom is -0.375 e. The van der Waals surface area contributed by atoms with Crippen molar-refractivity contribution in [1.82, 2.24) is 9.80 Å². The number of carbonyl (C=O) groups excluding carboxylic acids is 3. The molecule has 0 saturated carbocycles. The van der Waals surface area contributed by atoms with Gasteiger partial charge in [0.05, 0.1) is 13.2 Å². The van der Waals surface area contributed by atoms with Gasteiger partial charge in [0.15, 0.2) is 0 Å². The first-order valence-electron chi connectivity index (χ1n) is 7.18. The molecule has 1 aliphatic carbocycles. The van der Waals surface area contributed by atoms with Crippen LogP contribution in [0.2, 0.25) is 0 Å². The van der Waals surface area contributed by atoms with Crippen molar-refractivity contribution >= 4 is 17.5 Å². The van der Waals surface area contributed by atoms with E-state index in [4.69, 9.17) is 4.74 Å². The second kappa shape index (κ2) is 4.51. The van der Waals surface area contributed by atoms with Crippen molar-refractivity contribution in [3.05, 3.63) is 46.8 Å². The highest BCUT2D eigenvalue weighted by atomic mass is 16.5. The van der Waals surface area contributed by atoms with Crippen LogP contribution in [0.25, 0.3) is 0 Å². The summed E-state index contributed by atoms with van der Waals surface area (Å²) in [6.07, 6.45) is -0.404. The van der Waals surface area contributed by atoms with E-state index in [9.17, 15) is 14.4 Å². The molecule has 0 aromatic heterocycles. The lowest BCUT2D eigenvalue weighted by Crippen LogP contribution is -2.50. The van der Waals surface area contributed by atoms with Crippen LogP contribution in [0, 0.1) is 0 Å². The minimum atomic E-state index is -0.404. The van der Waals surface area contributed by atoms with Crippen LogP contribution in [0.4, 0.5) is 0 Å². The third-order valence-corrected chi connectivity index (χ3v) is 4.34. The fraction of sp³-hybridized carbons (Fsp3) is 0.312. The average molecular weight is 298 g/mol. The molecule has 0 bridgehead atoms. The molecule has 1 fully saturated rings. The van der Waals surface area contributed by atoms with Crippen molar-refractivity contribution in [3.8, 4) is 0 Å². The molecule has 2 aliphatic heterocycles. The number of morpholine rings is 1. The predicted molar refractivity (Wildman–Crippen MR) is 76.0 cm³/mol. The molecule has 2 heterocycles. The Morgan fingerprint density at radius 1 is 1.14 bits per heavy atom. The van der Waals surface area contributed by atoms with Gasteiger partial charge in [-0.2, -0.15) is 0 Å². The number of benzene rings is 1. The Bertz CT molecular complexity index is 752. The summed E-state index contributed by atoms with van der Waals surface area (Å²) >= 11 is 0. The van der Waals surface area contributed by atoms with E-state index in [0.29, 0.717) is 36.6 Å². The van der Waals surface area contributed by atoms with Gasteiger partial charge in [0.1, 0.15) is 17.6 Å². The number of Topliss-reactive ketones (excluding diaryl/α,β-unsaturated/α-hetero) is 2. The normalized spacial score (nSPS) is 23.4. The molecule has 0 spiro atoms. The van der Waals surface area contributed by atoms with Crippen LogP contribution < -0.4 is 0 Å². The van der Waals surface area contributed by atoms with Crippen LogP contribution in [0.15, 0.2) is 35.7 Å². The molecule has 1 aromatic rings. The van der Waals surface area contributed by atoms with E-state index in [1.807, 2.05) is 4.90 Å². The zero-order chi connectivity index (χ0) is 15.4. The number of nitrogens with zero attached hydrogens (tertiary/aromatic N) is 2. The van der Waals surface area contributed by atoms with Crippen molar-refractivity contribution in [2.75, 3.05) is 19.8 Å². The highest BCUT2D eigenvalue weighted by Gasteiger charge is 2.49. The second-order valence-electron chi connectivity index (χ2n) is 5.54. The first kappa shape index (κ1) is 13.2. The number of amides is 1. The van der Waals surface area contributed by atoms with E-state index < -0.39 is 6.17 Å². The van der Waals surface area contributed by atoms with E-state index in [1.54, 1.807) is 24.3 Å². The summed E-state index contributed by atoms with van der Waals surface area (Å²) in [5, 5.41) is 0. The zero-order valence-corrected chi connectivity index (χ0v) is 12.0. The first-order chi connectivity index (χ1) is 10.6. The lowest BCUT2D eigenvalue weighted by Gasteiger charge is -2.35. The van der Waals surface area contributed by atoms with Crippen LogP contribution >= 0.6 is 0 Å². The summed E-state index contributed by atoms with van der Waals surface area (Å²) in [5.74, 6) is -0.721. The lowest BCUT2D eigenvalue weighted by atomic mass is 9.90. The quantitative estimate of drug-likeness (QED) is 0.708. The number of ketones is 2. The van der Waals surface area contributed by atoms with E-state index in [1.165, 1.54) is 11.8 Å². The number of rotatable bonds is 0. The van der Waals surface area contributed by atoms with Crippen LogP contribution in [0.3, 0.4) is 0 Å². The van der Waals surface area contributed by atoms with Gasteiger partial charge in [-0.15, -0.1) is 0 Å². The van der Waals surface area contributed by atoms with Crippen molar-refractivity contribution in [2.45, 2.75) is 13.1 Å². The molecule has 0 radical (unpaired) electrons. The first-order valence-corrected chi connectivity index (χ1v) is 7.18. The maximum absolute atomic E-state index is 12.8. The van der Waals surface area contributed by atoms with Gasteiger partial charge in [0.2, 0.25) is 17.5 Å². The molecule has 112 valence electrons. The minimum absolute atomic E-state index is 0.194. The number of fused-ring (bicyclic) bond motifs is 3. The van der Waals surface area contributed by atoms with Gasteiger partial charge in [-0.3, -0.25) is 19.3 Å². The van der Waals surface area contributed by atoms with E-state index in [-0.39, 0.29) is 23.2 Å². The fourth-order valence-corrected chi connectivity index (χ4v) is 3.42. The lowest BCUT2D eigenvalue weighted by molar-refractivity contribution is -0.134. The summed E-state index contributed by atoms with van der Waals surface area (Å²) in [6.45, 7) is 2.67. The Morgan fingerprint density at radius 3 is 2.41 bits per heavy atom. The fourth-order valence-electron chi connectivity index (χ4n) is 3.42. The third kappa shape index (κ3) is 1.55. The Kier molecular flexibility index (Phi) is 2.71. The van der Waals surface area contributed by atoms with Crippen LogP contribution in [-0.4, -0.2) is 53.2 Å². The zero-order valence-electron chi connectivity index (χ0n) is 12.0. The number of hydrogen-bond acceptors (Lipinski definition) is 5. The average Bonchev–Trinajstić information content (AvgIpc) is 2.88. The van der Waals surface area contributed by atoms with Crippen molar-refractivity contribution in [2.24, 2.45) is 0 Å². The number of hydrogen-bond donors (Lipinski definition) is 0. The summed E-state index contributed by atoms with van der Waals surface area (Å²) in [5.41, 5.74) is 1.30. The van der Waals surface area contributed by atoms with Crippen molar-refractivity contribution < 1.29 is 19.1 Å². The highest BCUT2D eigenvalue weighted by Crippen LogP contribution is 2.39. The summed E-state index contributed by atoms with van der Waals surface area (Å²) in [6, 6.07) is 6.75. The van der Waals surface area contributed by atoms with Crippen LogP contribution in [-0.2, 0) is 9.53 Å². The van der Waals surface area contributed by atoms with Gasteiger partial charge < -0.3 is 9.64 Å². The smallest absolute Gasteiger partial charge is 0.225 e. The van der Waals surface area contributed by atoms with E-state index in [0.717, 1.165) is 0 Å². The molecule has 6 heteroatoms. The third-order valence-electron chi connectivity index (χ3n) is 4.34. The summed E-state index contributed by atoms with van der Waals surface area (Å²) < 4.78 is 5.43. The Hall–Kier alpha value is -2.47. The standard InChI is InChI=1S/C16H14N2O4/c1-9(19)18-12-8-22-7-6-17(12)13-14(18)16(21)11-5-3-2-4-10(11)15(13)20/h2-5,12H,6-8H2,1H3. The molecule has 6 nitrogen and oxygen atoms in total. The molecule has 1 unspecified atom stereocenters. The van der Waals surface area contributed by atoms with Gasteiger partial charge in [-0.1, -0.05) is 24.3 Å². The number of ether oxygens (including phenoxy) is 1. The molecular weight excluding hydrogens is 284 g/mol. The van der Waals surface area contributed by atoms with Crippen molar-refractivity contribution in [3.63, 3.8) is 0 Å². The van der Waals surface area contributed by atoms with Gasteiger partial charge in [-0.05, 0) is 0 Å². The molecule has 4 rings (SSSR count). The Balaban J connectivity index is 1.93. The second-order valence-corrected chi connectivity index (χ2v) is 5.54. The monoisotopic (exact) mass is 298 g/mol. The van der Waals surface area contributed by atoms with Gasteiger partial charge in [0.25, 0.3) is 0 Å². The largest absolute Gasteiger partial charge is 0.375 e. The number of carbonyl (C=O) groups is 3. The molecule has 1 atom stereocenters.